The Morgan fingerprint density at radius 1 is 1.45 bits per heavy atom. The molecule has 1 aromatic rings. The van der Waals surface area contributed by atoms with E-state index in [1.807, 2.05) is 6.92 Å². The van der Waals surface area contributed by atoms with Crippen molar-refractivity contribution in [2.24, 2.45) is 0 Å². The van der Waals surface area contributed by atoms with E-state index in [0.29, 0.717) is 6.54 Å². The number of aryl methyl sites for hydroxylation is 1. The van der Waals surface area contributed by atoms with Crippen molar-refractivity contribution in [3.63, 3.8) is 0 Å². The number of aromatic nitrogens is 2. The van der Waals surface area contributed by atoms with Crippen LogP contribution in [0, 0.1) is 6.92 Å². The molecule has 60 valence electrons. The minimum Gasteiger partial charge on any atom is -0.395 e. The predicted molar refractivity (Wildman–Crippen MR) is 42.3 cm³/mol. The van der Waals surface area contributed by atoms with Crippen molar-refractivity contribution < 1.29 is 5.11 Å². The number of aliphatic hydroxyl groups is 1. The van der Waals surface area contributed by atoms with Gasteiger partial charge in [0.05, 0.1) is 24.7 Å². The molecular formula is C7H11N3O. The van der Waals surface area contributed by atoms with E-state index in [0.717, 1.165) is 11.5 Å². The summed E-state index contributed by atoms with van der Waals surface area (Å²) in [4.78, 5) is 7.95. The smallest absolute Gasteiger partial charge is 0.125 e. The second kappa shape index (κ2) is 3.88. The molecule has 11 heavy (non-hydrogen) atoms. The molecule has 0 aliphatic rings. The third kappa shape index (κ3) is 2.51. The molecule has 0 amide bonds. The Morgan fingerprint density at radius 2 is 2.09 bits per heavy atom. The lowest BCUT2D eigenvalue weighted by Crippen LogP contribution is -2.06. The molecule has 0 fully saturated rings. The van der Waals surface area contributed by atoms with E-state index in [9.17, 15) is 0 Å². The van der Waals surface area contributed by atoms with Gasteiger partial charge in [-0.1, -0.05) is 0 Å². The maximum absolute atomic E-state index is 8.48. The van der Waals surface area contributed by atoms with E-state index in [1.54, 1.807) is 12.4 Å². The summed E-state index contributed by atoms with van der Waals surface area (Å²) >= 11 is 0. The quantitative estimate of drug-likeness (QED) is 0.650. The number of nitrogens with one attached hydrogen (secondary N) is 1. The number of aliphatic hydroxyl groups excluding tert-OH is 1. The predicted octanol–water partition coefficient (Wildman–Crippen LogP) is 0.189. The monoisotopic (exact) mass is 153 g/mol. The number of nitrogens with zero attached hydrogens (tertiary/aromatic N) is 2. The molecule has 0 atom stereocenters. The largest absolute Gasteiger partial charge is 0.395 e. The maximum Gasteiger partial charge on any atom is 0.125 e. The van der Waals surface area contributed by atoms with Crippen LogP contribution in [0.25, 0.3) is 0 Å². The Morgan fingerprint density at radius 3 is 2.64 bits per heavy atom. The summed E-state index contributed by atoms with van der Waals surface area (Å²) in [5.74, 6) is 0.750. The van der Waals surface area contributed by atoms with Gasteiger partial charge >= 0.3 is 0 Å². The molecule has 0 spiro atoms. The summed E-state index contributed by atoms with van der Waals surface area (Å²) in [6.07, 6.45) is 3.38. The minimum atomic E-state index is 0.119. The highest BCUT2D eigenvalue weighted by molar-refractivity contribution is 5.37. The molecule has 0 unspecified atom stereocenters. The summed E-state index contributed by atoms with van der Waals surface area (Å²) in [5.41, 5.74) is 0.838. The summed E-state index contributed by atoms with van der Waals surface area (Å²) in [6.45, 7) is 2.48. The molecule has 0 radical (unpaired) electrons. The zero-order valence-corrected chi connectivity index (χ0v) is 6.41. The molecule has 0 bridgehead atoms. The molecule has 4 nitrogen and oxygen atoms in total. The van der Waals surface area contributed by atoms with Crippen LogP contribution in [0.3, 0.4) is 0 Å². The van der Waals surface area contributed by atoms with Crippen LogP contribution in [0.4, 0.5) is 5.69 Å². The second-order valence-electron chi connectivity index (χ2n) is 2.17. The topological polar surface area (TPSA) is 58.0 Å². The van der Waals surface area contributed by atoms with Crippen molar-refractivity contribution >= 4 is 5.69 Å². The minimum absolute atomic E-state index is 0.119. The van der Waals surface area contributed by atoms with Gasteiger partial charge in [-0.15, -0.1) is 0 Å². The van der Waals surface area contributed by atoms with Gasteiger partial charge in [-0.3, -0.25) is 0 Å². The van der Waals surface area contributed by atoms with Crippen molar-refractivity contribution in [2.75, 3.05) is 18.5 Å². The van der Waals surface area contributed by atoms with Crippen molar-refractivity contribution in [1.29, 1.82) is 0 Å². The summed E-state index contributed by atoms with van der Waals surface area (Å²) in [7, 11) is 0. The van der Waals surface area contributed by atoms with E-state index in [4.69, 9.17) is 5.11 Å². The standard InChI is InChI=1S/C7H11N3O/c1-6-9-4-7(5-10-6)8-2-3-11/h4-5,8,11H,2-3H2,1H3. The number of hydrogen-bond acceptors (Lipinski definition) is 4. The normalized spacial score (nSPS) is 9.64. The Kier molecular flexibility index (Phi) is 2.80. The van der Waals surface area contributed by atoms with Gasteiger partial charge in [0.15, 0.2) is 0 Å². The molecule has 1 heterocycles. The first-order valence-corrected chi connectivity index (χ1v) is 3.46. The lowest BCUT2D eigenvalue weighted by atomic mass is 10.5. The van der Waals surface area contributed by atoms with Crippen molar-refractivity contribution in [2.45, 2.75) is 6.92 Å². The summed E-state index contributed by atoms with van der Waals surface area (Å²) < 4.78 is 0. The molecule has 0 aliphatic heterocycles. The van der Waals surface area contributed by atoms with Crippen LogP contribution in [-0.2, 0) is 0 Å². The van der Waals surface area contributed by atoms with Crippen LogP contribution in [-0.4, -0.2) is 28.2 Å². The van der Waals surface area contributed by atoms with E-state index < -0.39 is 0 Å². The number of rotatable bonds is 3. The van der Waals surface area contributed by atoms with Gasteiger partial charge in [0.1, 0.15) is 5.82 Å². The third-order valence-corrected chi connectivity index (χ3v) is 1.22. The van der Waals surface area contributed by atoms with E-state index >= 15 is 0 Å². The summed E-state index contributed by atoms with van der Waals surface area (Å²) in [6, 6.07) is 0. The molecule has 4 heteroatoms. The van der Waals surface area contributed by atoms with Gasteiger partial charge in [0.25, 0.3) is 0 Å². The number of anilines is 1. The lowest BCUT2D eigenvalue weighted by molar-refractivity contribution is 0.311. The van der Waals surface area contributed by atoms with Crippen LogP contribution in [0.2, 0.25) is 0 Å². The highest BCUT2D eigenvalue weighted by Gasteiger charge is 1.90. The summed E-state index contributed by atoms with van der Waals surface area (Å²) in [5, 5.41) is 11.4. The first kappa shape index (κ1) is 7.94. The average Bonchev–Trinajstić information content (AvgIpc) is 2.04. The van der Waals surface area contributed by atoms with E-state index in [2.05, 4.69) is 15.3 Å². The molecule has 2 N–H and O–H groups in total. The molecule has 0 aliphatic carbocycles. The van der Waals surface area contributed by atoms with Gasteiger partial charge in [-0.05, 0) is 6.92 Å². The zero-order valence-electron chi connectivity index (χ0n) is 6.41. The van der Waals surface area contributed by atoms with Gasteiger partial charge in [0, 0.05) is 6.54 Å². The third-order valence-electron chi connectivity index (χ3n) is 1.22. The highest BCUT2D eigenvalue weighted by atomic mass is 16.3. The van der Waals surface area contributed by atoms with Crippen molar-refractivity contribution in [3.8, 4) is 0 Å². The molecular weight excluding hydrogens is 142 g/mol. The molecule has 1 aromatic heterocycles. The van der Waals surface area contributed by atoms with Gasteiger partial charge in [-0.2, -0.15) is 0 Å². The Hall–Kier alpha value is -1.16. The van der Waals surface area contributed by atoms with Gasteiger partial charge in [0.2, 0.25) is 0 Å². The maximum atomic E-state index is 8.48. The Bertz CT molecular complexity index is 209. The average molecular weight is 153 g/mol. The van der Waals surface area contributed by atoms with Crippen LogP contribution < -0.4 is 5.32 Å². The first-order chi connectivity index (χ1) is 5.33. The molecule has 0 saturated heterocycles. The second-order valence-corrected chi connectivity index (χ2v) is 2.17. The fourth-order valence-electron chi connectivity index (χ4n) is 0.684. The Labute approximate surface area is 65.3 Å². The first-order valence-electron chi connectivity index (χ1n) is 3.46. The Balaban J connectivity index is 2.52. The SMILES string of the molecule is Cc1ncc(NCCO)cn1. The van der Waals surface area contributed by atoms with E-state index in [-0.39, 0.29) is 6.61 Å². The van der Waals surface area contributed by atoms with Gasteiger partial charge < -0.3 is 10.4 Å². The molecule has 1 rings (SSSR count). The van der Waals surface area contributed by atoms with E-state index in [1.165, 1.54) is 0 Å². The van der Waals surface area contributed by atoms with Crippen LogP contribution >= 0.6 is 0 Å². The van der Waals surface area contributed by atoms with Crippen molar-refractivity contribution in [1.82, 2.24) is 9.97 Å². The van der Waals surface area contributed by atoms with Crippen LogP contribution in [0.5, 0.6) is 0 Å². The molecule has 0 aromatic carbocycles. The zero-order chi connectivity index (χ0) is 8.10. The lowest BCUT2D eigenvalue weighted by Gasteiger charge is -2.01. The van der Waals surface area contributed by atoms with Crippen molar-refractivity contribution in [3.05, 3.63) is 18.2 Å². The fourth-order valence-corrected chi connectivity index (χ4v) is 0.684. The van der Waals surface area contributed by atoms with Crippen LogP contribution in [0.1, 0.15) is 5.82 Å². The molecule has 0 saturated carbocycles. The highest BCUT2D eigenvalue weighted by Crippen LogP contribution is 2.00. The fraction of sp³-hybridized carbons (Fsp3) is 0.429. The number of hydrogen-bond donors (Lipinski definition) is 2. The van der Waals surface area contributed by atoms with Crippen LogP contribution in [0.15, 0.2) is 12.4 Å². The van der Waals surface area contributed by atoms with Gasteiger partial charge in [-0.25, -0.2) is 9.97 Å².